The molecule has 2 atom stereocenters. The first-order valence-electron chi connectivity index (χ1n) is 11.1. The van der Waals surface area contributed by atoms with E-state index in [0.717, 1.165) is 74.5 Å². The predicted molar refractivity (Wildman–Crippen MR) is 114 cm³/mol. The first-order chi connectivity index (χ1) is 14.2. The van der Waals surface area contributed by atoms with Crippen LogP contribution in [0.5, 0.6) is 5.88 Å². The summed E-state index contributed by atoms with van der Waals surface area (Å²) in [5.41, 5.74) is 1.35. The third-order valence-electron chi connectivity index (χ3n) is 6.81. The van der Waals surface area contributed by atoms with Gasteiger partial charge in [-0.3, -0.25) is 4.90 Å². The molecular formula is C22H31N3O3S. The summed E-state index contributed by atoms with van der Waals surface area (Å²) >= 11 is 1.78. The molecule has 0 radical (unpaired) electrons. The summed E-state index contributed by atoms with van der Waals surface area (Å²) in [5, 5.41) is 11.1. The van der Waals surface area contributed by atoms with Crippen LogP contribution in [0.1, 0.15) is 61.8 Å². The van der Waals surface area contributed by atoms with Gasteiger partial charge < -0.3 is 14.6 Å². The van der Waals surface area contributed by atoms with Crippen molar-refractivity contribution < 1.29 is 14.6 Å². The fourth-order valence-electron chi connectivity index (χ4n) is 5.41. The fourth-order valence-corrected chi connectivity index (χ4v) is 6.64. The smallest absolute Gasteiger partial charge is 0.225 e. The molecule has 1 aliphatic heterocycles. The molecule has 158 valence electrons. The Bertz CT molecular complexity index is 841. The molecule has 0 bridgehead atoms. The number of hydrogen-bond acceptors (Lipinski definition) is 7. The number of aryl methyl sites for hydroxylation is 1. The van der Waals surface area contributed by atoms with Crippen LogP contribution in [-0.2, 0) is 11.2 Å². The maximum Gasteiger partial charge on any atom is 0.225 e. The quantitative estimate of drug-likeness (QED) is 0.803. The number of aliphatic hydroxyl groups excluding tert-OH is 1. The lowest BCUT2D eigenvalue weighted by atomic mass is 9.91. The van der Waals surface area contributed by atoms with E-state index in [-0.39, 0.29) is 12.2 Å². The molecule has 5 rings (SSSR count). The molecule has 3 aliphatic rings. The molecule has 2 fully saturated rings. The molecule has 1 N–H and O–H groups in total. The van der Waals surface area contributed by atoms with Crippen molar-refractivity contribution in [3.05, 3.63) is 16.8 Å². The zero-order chi connectivity index (χ0) is 19.8. The van der Waals surface area contributed by atoms with E-state index < -0.39 is 0 Å². The second kappa shape index (κ2) is 8.46. The Kier molecular flexibility index (Phi) is 5.74. The van der Waals surface area contributed by atoms with Crippen molar-refractivity contribution in [3.63, 3.8) is 0 Å². The molecule has 0 amide bonds. The number of aliphatic hydroxyl groups is 1. The van der Waals surface area contributed by atoms with E-state index in [0.29, 0.717) is 12.0 Å². The number of morpholine rings is 1. The molecule has 1 saturated heterocycles. The summed E-state index contributed by atoms with van der Waals surface area (Å²) in [5.74, 6) is 1.16. The highest BCUT2D eigenvalue weighted by Crippen LogP contribution is 2.47. The van der Waals surface area contributed by atoms with Crippen molar-refractivity contribution >= 4 is 21.6 Å². The number of hydrogen-bond donors (Lipinski definition) is 1. The van der Waals surface area contributed by atoms with Crippen LogP contribution in [0.25, 0.3) is 10.2 Å². The van der Waals surface area contributed by atoms with Crippen LogP contribution in [0, 0.1) is 0 Å². The summed E-state index contributed by atoms with van der Waals surface area (Å²) in [4.78, 5) is 14.1. The van der Waals surface area contributed by atoms with Gasteiger partial charge in [-0.1, -0.05) is 0 Å². The molecule has 1 saturated carbocycles. The molecule has 0 unspecified atom stereocenters. The predicted octanol–water partition coefficient (Wildman–Crippen LogP) is 3.51. The third kappa shape index (κ3) is 4.02. The minimum atomic E-state index is -0.287. The number of nitrogens with zero attached hydrogens (tertiary/aromatic N) is 3. The number of thiophene rings is 1. The van der Waals surface area contributed by atoms with Crippen LogP contribution in [0.15, 0.2) is 6.33 Å². The first-order valence-corrected chi connectivity index (χ1v) is 11.9. The van der Waals surface area contributed by atoms with Gasteiger partial charge in [-0.2, -0.15) is 0 Å². The second-order valence-corrected chi connectivity index (χ2v) is 9.90. The Hall–Kier alpha value is -1.28. The van der Waals surface area contributed by atoms with Crippen molar-refractivity contribution in [2.45, 2.75) is 76.0 Å². The zero-order valence-corrected chi connectivity index (χ0v) is 18.0. The van der Waals surface area contributed by atoms with Crippen LogP contribution >= 0.6 is 11.3 Å². The summed E-state index contributed by atoms with van der Waals surface area (Å²) in [6.45, 7) is 5.74. The molecule has 0 spiro atoms. The molecule has 2 aromatic heterocycles. The van der Waals surface area contributed by atoms with E-state index in [1.807, 2.05) is 6.92 Å². The lowest BCUT2D eigenvalue weighted by Crippen LogP contribution is -2.46. The molecule has 3 heterocycles. The van der Waals surface area contributed by atoms with Crippen LogP contribution in [0.4, 0.5) is 0 Å². The number of rotatable bonds is 5. The third-order valence-corrected chi connectivity index (χ3v) is 7.98. The Morgan fingerprint density at radius 3 is 2.76 bits per heavy atom. The largest absolute Gasteiger partial charge is 0.474 e. The maximum atomic E-state index is 9.94. The average Bonchev–Trinajstić information content (AvgIpc) is 3.29. The van der Waals surface area contributed by atoms with Gasteiger partial charge in [0.1, 0.15) is 17.3 Å². The number of ether oxygens (including phenoxy) is 2. The van der Waals surface area contributed by atoms with Crippen molar-refractivity contribution in [1.82, 2.24) is 14.9 Å². The highest BCUT2D eigenvalue weighted by Gasteiger charge is 2.32. The van der Waals surface area contributed by atoms with Crippen molar-refractivity contribution in [2.75, 3.05) is 26.3 Å². The van der Waals surface area contributed by atoms with Gasteiger partial charge in [0.15, 0.2) is 0 Å². The lowest BCUT2D eigenvalue weighted by molar-refractivity contribution is -0.00126. The topological polar surface area (TPSA) is 67.7 Å². The normalized spacial score (nSPS) is 29.1. The zero-order valence-electron chi connectivity index (χ0n) is 17.2. The van der Waals surface area contributed by atoms with Gasteiger partial charge in [-0.25, -0.2) is 9.97 Å². The Balaban J connectivity index is 1.31. The number of fused-ring (bicyclic) bond motifs is 3. The van der Waals surface area contributed by atoms with E-state index in [2.05, 4.69) is 14.9 Å². The van der Waals surface area contributed by atoms with Crippen molar-refractivity contribution in [2.24, 2.45) is 0 Å². The van der Waals surface area contributed by atoms with Crippen molar-refractivity contribution in [1.29, 1.82) is 0 Å². The maximum absolute atomic E-state index is 9.94. The van der Waals surface area contributed by atoms with Gasteiger partial charge in [0.2, 0.25) is 5.88 Å². The van der Waals surface area contributed by atoms with E-state index >= 15 is 0 Å². The van der Waals surface area contributed by atoms with Gasteiger partial charge in [0, 0.05) is 24.0 Å². The Labute approximate surface area is 176 Å². The van der Waals surface area contributed by atoms with Crippen LogP contribution < -0.4 is 4.74 Å². The van der Waals surface area contributed by atoms with Gasteiger partial charge in [0.05, 0.1) is 24.7 Å². The SMILES string of the molecule is C[C@@H](O)C[C@H]1CCc2sc3ncnc(OC4CCC(N5CCOCC5)CC4)c3c21. The minimum Gasteiger partial charge on any atom is -0.474 e. The lowest BCUT2D eigenvalue weighted by Gasteiger charge is -2.38. The van der Waals surface area contributed by atoms with Crippen LogP contribution in [-0.4, -0.2) is 64.5 Å². The summed E-state index contributed by atoms with van der Waals surface area (Å²) in [6, 6.07) is 0.671. The van der Waals surface area contributed by atoms with Crippen LogP contribution in [0.2, 0.25) is 0 Å². The summed E-state index contributed by atoms with van der Waals surface area (Å²) in [7, 11) is 0. The van der Waals surface area contributed by atoms with Gasteiger partial charge in [-0.15, -0.1) is 11.3 Å². The Morgan fingerprint density at radius 1 is 1.21 bits per heavy atom. The molecule has 0 aromatic carbocycles. The van der Waals surface area contributed by atoms with E-state index in [4.69, 9.17) is 9.47 Å². The van der Waals surface area contributed by atoms with E-state index in [1.54, 1.807) is 17.7 Å². The van der Waals surface area contributed by atoms with Gasteiger partial charge >= 0.3 is 0 Å². The Morgan fingerprint density at radius 2 is 2.00 bits per heavy atom. The fraction of sp³-hybridized carbons (Fsp3) is 0.727. The molecular weight excluding hydrogens is 386 g/mol. The highest BCUT2D eigenvalue weighted by atomic mass is 32.1. The number of aromatic nitrogens is 2. The standard InChI is InChI=1S/C22H31N3O3S/c1-14(26)12-15-2-7-18-19(15)20-21(23-13-24-22(20)29-18)28-17-5-3-16(4-6-17)25-8-10-27-11-9-25/h13-17,26H,2-12H2,1H3/t14-,15-,16?,17?/m1/s1. The van der Waals surface area contributed by atoms with Crippen molar-refractivity contribution in [3.8, 4) is 5.88 Å². The molecule has 2 aromatic rings. The molecule has 7 heteroatoms. The summed E-state index contributed by atoms with van der Waals surface area (Å²) in [6.07, 6.45) is 9.12. The van der Waals surface area contributed by atoms with E-state index in [9.17, 15) is 5.11 Å². The first kappa shape index (κ1) is 19.7. The summed E-state index contributed by atoms with van der Waals surface area (Å²) < 4.78 is 12.0. The minimum absolute atomic E-state index is 0.234. The molecule has 6 nitrogen and oxygen atoms in total. The molecule has 2 aliphatic carbocycles. The van der Waals surface area contributed by atoms with E-state index in [1.165, 1.54) is 23.3 Å². The highest BCUT2D eigenvalue weighted by molar-refractivity contribution is 7.19. The average molecular weight is 418 g/mol. The van der Waals surface area contributed by atoms with Crippen LogP contribution in [0.3, 0.4) is 0 Å². The van der Waals surface area contributed by atoms with Gasteiger partial charge in [0.25, 0.3) is 0 Å². The molecule has 29 heavy (non-hydrogen) atoms. The van der Waals surface area contributed by atoms with Gasteiger partial charge in [-0.05, 0) is 63.4 Å². The monoisotopic (exact) mass is 417 g/mol. The second-order valence-electron chi connectivity index (χ2n) is 8.81.